The molecule has 0 aliphatic rings. The molecule has 0 bridgehead atoms. The van der Waals surface area contributed by atoms with Crippen LogP contribution in [0.5, 0.6) is 0 Å². The summed E-state index contributed by atoms with van der Waals surface area (Å²) >= 11 is 3.44. The third-order valence-corrected chi connectivity index (χ3v) is 6.09. The van der Waals surface area contributed by atoms with Gasteiger partial charge in [0.1, 0.15) is 22.9 Å². The van der Waals surface area contributed by atoms with Crippen LogP contribution < -0.4 is 4.90 Å². The Kier molecular flexibility index (Phi) is 6.19. The van der Waals surface area contributed by atoms with Crippen LogP contribution in [0.3, 0.4) is 0 Å². The zero-order valence-electron chi connectivity index (χ0n) is 15.6. The first kappa shape index (κ1) is 19.2. The lowest BCUT2D eigenvalue weighted by Gasteiger charge is -2.21. The molecule has 0 aliphatic heterocycles. The molecule has 0 unspecified atom stereocenters. The zero-order valence-corrected chi connectivity index (χ0v) is 17.2. The zero-order chi connectivity index (χ0) is 19.9. The lowest BCUT2D eigenvalue weighted by molar-refractivity contribution is 0.112. The van der Waals surface area contributed by atoms with Crippen LogP contribution in [0, 0.1) is 0 Å². The van der Waals surface area contributed by atoms with Crippen LogP contribution in [-0.4, -0.2) is 6.29 Å². The maximum atomic E-state index is 11.1. The molecule has 29 heavy (non-hydrogen) atoms. The van der Waals surface area contributed by atoms with Gasteiger partial charge in [-0.3, -0.25) is 9.69 Å². The summed E-state index contributed by atoms with van der Waals surface area (Å²) in [6.07, 6.45) is 4.45. The first-order valence-corrected chi connectivity index (χ1v) is 10.9. The van der Waals surface area contributed by atoms with Crippen molar-refractivity contribution in [3.63, 3.8) is 0 Å². The highest BCUT2D eigenvalue weighted by Gasteiger charge is 2.13. The van der Waals surface area contributed by atoms with Gasteiger partial charge in [-0.25, -0.2) is 0 Å². The fourth-order valence-corrected chi connectivity index (χ4v) is 4.52. The van der Waals surface area contributed by atoms with Crippen molar-refractivity contribution in [1.29, 1.82) is 0 Å². The predicted octanol–water partition coefficient (Wildman–Crippen LogP) is 7.28. The standard InChI is InChI=1S/C24H19NO2S2/c26-17-20-5-1-2-6-21(20)18-27-14-13-19-9-11-22(12-10-19)25(23-7-3-15-28-23)24-8-4-16-29-24/h1-17H,18H2/b14-13-. The van der Waals surface area contributed by atoms with Gasteiger partial charge in [0.15, 0.2) is 0 Å². The van der Waals surface area contributed by atoms with Crippen LogP contribution in [0.1, 0.15) is 21.5 Å². The first-order chi connectivity index (χ1) is 14.3. The Labute approximate surface area is 178 Å². The summed E-state index contributed by atoms with van der Waals surface area (Å²) in [5.41, 5.74) is 3.71. The molecule has 2 aromatic carbocycles. The lowest BCUT2D eigenvalue weighted by Crippen LogP contribution is -2.06. The van der Waals surface area contributed by atoms with Gasteiger partial charge in [0.2, 0.25) is 0 Å². The van der Waals surface area contributed by atoms with Crippen molar-refractivity contribution in [3.8, 4) is 0 Å². The van der Waals surface area contributed by atoms with Gasteiger partial charge in [0.05, 0.1) is 6.26 Å². The van der Waals surface area contributed by atoms with E-state index in [1.807, 2.05) is 24.3 Å². The molecule has 0 amide bonds. The molecular formula is C24H19NO2S2. The van der Waals surface area contributed by atoms with E-state index >= 15 is 0 Å². The molecule has 2 heterocycles. The molecule has 0 radical (unpaired) electrons. The van der Waals surface area contributed by atoms with Crippen molar-refractivity contribution in [2.45, 2.75) is 6.61 Å². The molecule has 4 aromatic rings. The van der Waals surface area contributed by atoms with E-state index in [9.17, 15) is 4.79 Å². The van der Waals surface area contributed by atoms with Gasteiger partial charge >= 0.3 is 0 Å². The van der Waals surface area contributed by atoms with E-state index < -0.39 is 0 Å². The molecule has 0 N–H and O–H groups in total. The Hall–Kier alpha value is -3.15. The molecule has 3 nitrogen and oxygen atoms in total. The number of hydrogen-bond acceptors (Lipinski definition) is 5. The van der Waals surface area contributed by atoms with Crippen molar-refractivity contribution in [2.75, 3.05) is 4.90 Å². The average Bonchev–Trinajstić information content (AvgIpc) is 3.48. The van der Waals surface area contributed by atoms with Crippen LogP contribution in [-0.2, 0) is 11.3 Å². The largest absolute Gasteiger partial charge is 0.496 e. The Morgan fingerprint density at radius 3 is 2.14 bits per heavy atom. The van der Waals surface area contributed by atoms with Gasteiger partial charge < -0.3 is 4.74 Å². The monoisotopic (exact) mass is 417 g/mol. The maximum Gasteiger partial charge on any atom is 0.150 e. The molecular weight excluding hydrogens is 398 g/mol. The number of carbonyl (C=O) groups is 1. The second-order valence-electron chi connectivity index (χ2n) is 6.26. The van der Waals surface area contributed by atoms with E-state index in [2.05, 4.69) is 64.2 Å². The average molecular weight is 418 g/mol. The van der Waals surface area contributed by atoms with Crippen LogP contribution in [0.25, 0.3) is 6.08 Å². The normalized spacial score (nSPS) is 10.9. The van der Waals surface area contributed by atoms with E-state index in [4.69, 9.17) is 4.74 Å². The highest BCUT2D eigenvalue weighted by atomic mass is 32.1. The van der Waals surface area contributed by atoms with E-state index in [1.54, 1.807) is 35.0 Å². The smallest absolute Gasteiger partial charge is 0.150 e. The Morgan fingerprint density at radius 1 is 0.828 bits per heavy atom. The number of benzene rings is 2. The molecule has 2 aromatic heterocycles. The number of nitrogens with zero attached hydrogens (tertiary/aromatic N) is 1. The first-order valence-electron chi connectivity index (χ1n) is 9.13. The third kappa shape index (κ3) is 4.65. The minimum atomic E-state index is 0.369. The molecule has 4 rings (SSSR count). The Balaban J connectivity index is 1.44. The summed E-state index contributed by atoms with van der Waals surface area (Å²) in [4.78, 5) is 13.3. The molecule has 0 fully saturated rings. The van der Waals surface area contributed by atoms with Crippen molar-refractivity contribution < 1.29 is 9.53 Å². The highest BCUT2D eigenvalue weighted by Crippen LogP contribution is 2.39. The van der Waals surface area contributed by atoms with E-state index in [-0.39, 0.29) is 0 Å². The molecule has 0 atom stereocenters. The fraction of sp³-hybridized carbons (Fsp3) is 0.0417. The SMILES string of the molecule is O=Cc1ccccc1CO/C=C\c1ccc(N(c2cccs2)c2cccs2)cc1. The van der Waals surface area contributed by atoms with Crippen molar-refractivity contribution in [1.82, 2.24) is 0 Å². The fourth-order valence-electron chi connectivity index (χ4n) is 2.94. The molecule has 5 heteroatoms. The second-order valence-corrected chi connectivity index (χ2v) is 8.11. The van der Waals surface area contributed by atoms with Gasteiger partial charge in [0.25, 0.3) is 0 Å². The summed E-state index contributed by atoms with van der Waals surface area (Å²) < 4.78 is 5.62. The second kappa shape index (κ2) is 9.37. The quantitative estimate of drug-likeness (QED) is 0.223. The Morgan fingerprint density at radius 2 is 1.52 bits per heavy atom. The summed E-state index contributed by atoms with van der Waals surface area (Å²) in [5, 5.41) is 6.56. The molecule has 0 saturated carbocycles. The predicted molar refractivity (Wildman–Crippen MR) is 123 cm³/mol. The number of ether oxygens (including phenoxy) is 1. The minimum Gasteiger partial charge on any atom is -0.496 e. The van der Waals surface area contributed by atoms with Crippen LogP contribution in [0.4, 0.5) is 15.7 Å². The van der Waals surface area contributed by atoms with Crippen LogP contribution in [0.2, 0.25) is 0 Å². The summed E-state index contributed by atoms with van der Waals surface area (Å²) in [6.45, 7) is 0.369. The number of rotatable bonds is 8. The van der Waals surface area contributed by atoms with Gasteiger partial charge in [-0.1, -0.05) is 36.4 Å². The number of hydrogen-bond donors (Lipinski definition) is 0. The highest BCUT2D eigenvalue weighted by molar-refractivity contribution is 7.16. The topological polar surface area (TPSA) is 29.5 Å². The summed E-state index contributed by atoms with van der Waals surface area (Å²) in [7, 11) is 0. The summed E-state index contributed by atoms with van der Waals surface area (Å²) in [5.74, 6) is 0. The number of carbonyl (C=O) groups excluding carboxylic acids is 1. The lowest BCUT2D eigenvalue weighted by atomic mass is 10.1. The van der Waals surface area contributed by atoms with E-state index in [0.717, 1.165) is 23.1 Å². The van der Waals surface area contributed by atoms with Gasteiger partial charge in [-0.05, 0) is 64.4 Å². The molecule has 0 spiro atoms. The van der Waals surface area contributed by atoms with Crippen molar-refractivity contribution in [3.05, 3.63) is 107 Å². The van der Waals surface area contributed by atoms with Crippen molar-refractivity contribution >= 4 is 50.7 Å². The van der Waals surface area contributed by atoms with Gasteiger partial charge in [-0.15, -0.1) is 22.7 Å². The van der Waals surface area contributed by atoms with Gasteiger partial charge in [0, 0.05) is 11.3 Å². The van der Waals surface area contributed by atoms with E-state index in [0.29, 0.717) is 12.2 Å². The third-order valence-electron chi connectivity index (χ3n) is 4.38. The number of thiophene rings is 2. The van der Waals surface area contributed by atoms with Crippen LogP contribution >= 0.6 is 22.7 Å². The molecule has 0 saturated heterocycles. The maximum absolute atomic E-state index is 11.1. The van der Waals surface area contributed by atoms with Crippen molar-refractivity contribution in [2.24, 2.45) is 0 Å². The van der Waals surface area contributed by atoms with E-state index in [1.165, 1.54) is 10.0 Å². The van der Waals surface area contributed by atoms with Gasteiger partial charge in [-0.2, -0.15) is 0 Å². The molecule has 0 aliphatic carbocycles. The van der Waals surface area contributed by atoms with Crippen LogP contribution in [0.15, 0.2) is 89.8 Å². The minimum absolute atomic E-state index is 0.369. The molecule has 144 valence electrons. The number of aldehydes is 1. The summed E-state index contributed by atoms with van der Waals surface area (Å²) in [6, 6.07) is 24.2. The Bertz CT molecular complexity index is 1030. The number of anilines is 3.